The van der Waals surface area contributed by atoms with Crippen LogP contribution < -0.4 is 4.90 Å². The maximum absolute atomic E-state index is 5.18. The minimum absolute atomic E-state index is 1.15. The van der Waals surface area contributed by atoms with E-state index >= 15 is 0 Å². The van der Waals surface area contributed by atoms with E-state index in [9.17, 15) is 0 Å². The Morgan fingerprint density at radius 3 is 2.10 bits per heavy atom. The van der Waals surface area contributed by atoms with Gasteiger partial charge in [-0.1, -0.05) is 0 Å². The van der Waals surface area contributed by atoms with Crippen LogP contribution in [0.25, 0.3) is 0 Å². The lowest BCUT2D eigenvalue weighted by Gasteiger charge is -2.37. The minimum Gasteiger partial charge on any atom is -0.354 e. The Morgan fingerprint density at radius 2 is 1.33 bits per heavy atom. The van der Waals surface area contributed by atoms with Crippen LogP contribution in [0.3, 0.4) is 0 Å². The van der Waals surface area contributed by atoms with Crippen LogP contribution in [0.15, 0.2) is 0 Å². The van der Waals surface area contributed by atoms with Crippen LogP contribution in [-0.4, -0.2) is 43.1 Å². The van der Waals surface area contributed by atoms with E-state index in [1.807, 2.05) is 0 Å². The molecule has 0 aromatic carbocycles. The van der Waals surface area contributed by atoms with E-state index in [1.54, 1.807) is 16.7 Å². The van der Waals surface area contributed by atoms with Gasteiger partial charge >= 0.3 is 0 Å². The number of hydrogen-bond acceptors (Lipinski definition) is 3. The molecule has 3 nitrogen and oxygen atoms in total. The predicted octanol–water partition coefficient (Wildman–Crippen LogP) is 2.59. The van der Waals surface area contributed by atoms with Crippen LogP contribution in [0.2, 0.25) is 0 Å². The largest absolute Gasteiger partial charge is 0.354 e. The first-order chi connectivity index (χ1) is 10.3. The molecule has 1 saturated heterocycles. The molecule has 1 aromatic heterocycles. The summed E-state index contributed by atoms with van der Waals surface area (Å²) in [6.45, 7) is 4.64. The first-order valence-corrected chi connectivity index (χ1v) is 8.80. The molecule has 21 heavy (non-hydrogen) atoms. The van der Waals surface area contributed by atoms with Crippen molar-refractivity contribution in [3.63, 3.8) is 0 Å². The Hall–Kier alpha value is -1.09. The molecule has 4 rings (SSSR count). The second-order valence-corrected chi connectivity index (χ2v) is 7.02. The molecule has 0 bridgehead atoms. The van der Waals surface area contributed by atoms with Crippen LogP contribution in [0, 0.1) is 0 Å². The number of anilines is 1. The van der Waals surface area contributed by atoms with E-state index in [4.69, 9.17) is 4.98 Å². The molecular weight excluding hydrogens is 258 g/mol. The zero-order chi connectivity index (χ0) is 14.2. The molecule has 0 atom stereocenters. The number of rotatable bonds is 1. The molecule has 0 unspecified atom stereocenters. The predicted molar refractivity (Wildman–Crippen MR) is 87.2 cm³/mol. The Morgan fingerprint density at radius 1 is 0.714 bits per heavy atom. The van der Waals surface area contributed by atoms with E-state index in [1.165, 1.54) is 76.0 Å². The third-order valence-corrected chi connectivity index (χ3v) is 5.58. The molecule has 3 heteroatoms. The quantitative estimate of drug-likeness (QED) is 0.790. The Balaban J connectivity index is 1.75. The fourth-order valence-corrected chi connectivity index (χ4v) is 4.30. The highest BCUT2D eigenvalue weighted by Gasteiger charge is 2.26. The zero-order valence-corrected chi connectivity index (χ0v) is 13.3. The topological polar surface area (TPSA) is 19.4 Å². The Kier molecular flexibility index (Phi) is 3.62. The second kappa shape index (κ2) is 5.60. The third-order valence-electron chi connectivity index (χ3n) is 5.58. The highest BCUT2D eigenvalue weighted by Crippen LogP contribution is 2.36. The Labute approximate surface area is 128 Å². The summed E-state index contributed by atoms with van der Waals surface area (Å²) in [7, 11) is 2.23. The first-order valence-electron chi connectivity index (χ1n) is 8.80. The summed E-state index contributed by atoms with van der Waals surface area (Å²) >= 11 is 0. The lowest BCUT2D eigenvalue weighted by molar-refractivity contribution is 0.311. The standard InChI is InChI=1S/C18H27N3/c1-20-10-12-21(13-11-20)18-16-8-3-2-6-14(16)15-7-4-5-9-17(15)19-18/h2-13H2,1H3. The van der Waals surface area contributed by atoms with Gasteiger partial charge < -0.3 is 9.80 Å². The van der Waals surface area contributed by atoms with Crippen LogP contribution in [0.4, 0.5) is 5.82 Å². The number of piperazine rings is 1. The van der Waals surface area contributed by atoms with Gasteiger partial charge in [-0.3, -0.25) is 0 Å². The Bertz CT molecular complexity index is 530. The van der Waals surface area contributed by atoms with E-state index in [0.717, 1.165) is 13.1 Å². The summed E-state index contributed by atoms with van der Waals surface area (Å²) in [5.41, 5.74) is 6.41. The fraction of sp³-hybridized carbons (Fsp3) is 0.722. The molecular formula is C18H27N3. The summed E-state index contributed by atoms with van der Waals surface area (Å²) in [5.74, 6) is 1.36. The lowest BCUT2D eigenvalue weighted by Crippen LogP contribution is -2.45. The van der Waals surface area contributed by atoms with E-state index in [0.29, 0.717) is 0 Å². The van der Waals surface area contributed by atoms with E-state index in [2.05, 4.69) is 16.8 Å². The van der Waals surface area contributed by atoms with Crippen molar-refractivity contribution in [3.05, 3.63) is 22.4 Å². The third kappa shape index (κ3) is 2.46. The number of nitrogens with zero attached hydrogens (tertiary/aromatic N) is 3. The van der Waals surface area contributed by atoms with Crippen molar-refractivity contribution in [1.82, 2.24) is 9.88 Å². The van der Waals surface area contributed by atoms with Crippen molar-refractivity contribution in [2.24, 2.45) is 0 Å². The van der Waals surface area contributed by atoms with Gasteiger partial charge in [0, 0.05) is 31.9 Å². The van der Waals surface area contributed by atoms with Crippen molar-refractivity contribution in [1.29, 1.82) is 0 Å². The molecule has 0 N–H and O–H groups in total. The monoisotopic (exact) mass is 285 g/mol. The maximum Gasteiger partial charge on any atom is 0.132 e. The highest BCUT2D eigenvalue weighted by atomic mass is 15.3. The van der Waals surface area contributed by atoms with Gasteiger partial charge in [-0.05, 0) is 75.1 Å². The maximum atomic E-state index is 5.18. The van der Waals surface area contributed by atoms with Gasteiger partial charge in [-0.25, -0.2) is 4.98 Å². The van der Waals surface area contributed by atoms with Crippen LogP contribution in [0.5, 0.6) is 0 Å². The molecule has 3 aliphatic rings. The molecule has 2 heterocycles. The van der Waals surface area contributed by atoms with Gasteiger partial charge in [-0.15, -0.1) is 0 Å². The fourth-order valence-electron chi connectivity index (χ4n) is 4.30. The van der Waals surface area contributed by atoms with Gasteiger partial charge in [0.25, 0.3) is 0 Å². The molecule has 1 fully saturated rings. The lowest BCUT2D eigenvalue weighted by atomic mass is 9.83. The van der Waals surface area contributed by atoms with Crippen molar-refractivity contribution in [2.75, 3.05) is 38.1 Å². The zero-order valence-electron chi connectivity index (χ0n) is 13.3. The molecule has 1 aliphatic heterocycles. The van der Waals surface area contributed by atoms with Crippen molar-refractivity contribution >= 4 is 5.82 Å². The first kappa shape index (κ1) is 13.6. The molecule has 2 aliphatic carbocycles. The number of likely N-dealkylation sites (N-methyl/N-ethyl adjacent to an activating group) is 1. The van der Waals surface area contributed by atoms with Gasteiger partial charge in [0.05, 0.1) is 0 Å². The van der Waals surface area contributed by atoms with Crippen molar-refractivity contribution in [2.45, 2.75) is 51.4 Å². The van der Waals surface area contributed by atoms with Crippen molar-refractivity contribution < 1.29 is 0 Å². The van der Waals surface area contributed by atoms with E-state index < -0.39 is 0 Å². The minimum atomic E-state index is 1.15. The highest BCUT2D eigenvalue weighted by molar-refractivity contribution is 5.57. The SMILES string of the molecule is CN1CCN(c2nc3c(c4c2CCCC4)CCCC3)CC1. The summed E-state index contributed by atoms with van der Waals surface area (Å²) in [6, 6.07) is 0. The van der Waals surface area contributed by atoms with Gasteiger partial charge in [0.1, 0.15) is 5.82 Å². The summed E-state index contributed by atoms with van der Waals surface area (Å²) in [5, 5.41) is 0. The van der Waals surface area contributed by atoms with Gasteiger partial charge in [0.15, 0.2) is 0 Å². The second-order valence-electron chi connectivity index (χ2n) is 7.02. The van der Waals surface area contributed by atoms with Gasteiger partial charge in [0.2, 0.25) is 0 Å². The summed E-state index contributed by atoms with van der Waals surface area (Å²) in [6.07, 6.45) is 10.5. The number of pyridine rings is 1. The van der Waals surface area contributed by atoms with Crippen molar-refractivity contribution in [3.8, 4) is 0 Å². The normalized spacial score (nSPS) is 22.8. The number of fused-ring (bicyclic) bond motifs is 3. The molecule has 0 saturated carbocycles. The molecule has 0 spiro atoms. The number of aromatic nitrogens is 1. The van der Waals surface area contributed by atoms with Crippen LogP contribution in [0.1, 0.15) is 48.1 Å². The number of hydrogen-bond donors (Lipinski definition) is 0. The molecule has 0 radical (unpaired) electrons. The smallest absolute Gasteiger partial charge is 0.132 e. The molecule has 1 aromatic rings. The summed E-state index contributed by atoms with van der Waals surface area (Å²) < 4.78 is 0. The summed E-state index contributed by atoms with van der Waals surface area (Å²) in [4.78, 5) is 10.2. The molecule has 0 amide bonds. The van der Waals surface area contributed by atoms with Gasteiger partial charge in [-0.2, -0.15) is 0 Å². The van der Waals surface area contributed by atoms with E-state index in [-0.39, 0.29) is 0 Å². The molecule has 114 valence electrons. The van der Waals surface area contributed by atoms with Crippen LogP contribution in [-0.2, 0) is 25.7 Å². The average molecular weight is 285 g/mol. The van der Waals surface area contributed by atoms with Crippen LogP contribution >= 0.6 is 0 Å². The number of aryl methyl sites for hydroxylation is 1. The average Bonchev–Trinajstić information content (AvgIpc) is 2.55.